The molecule has 4 unspecified atom stereocenters. The predicted molar refractivity (Wildman–Crippen MR) is 356 cm³/mol. The van der Waals surface area contributed by atoms with Gasteiger partial charge in [0.1, 0.15) is 30.0 Å². The van der Waals surface area contributed by atoms with Crippen molar-refractivity contribution in [1.82, 2.24) is 34.7 Å². The first-order valence-corrected chi connectivity index (χ1v) is 30.7. The Balaban J connectivity index is 0.913. The van der Waals surface area contributed by atoms with Gasteiger partial charge in [-0.15, -0.1) is 11.3 Å². The first kappa shape index (κ1) is 50.3. The van der Waals surface area contributed by atoms with E-state index in [-0.39, 0.29) is 24.4 Å². The zero-order chi connectivity index (χ0) is 57.8. The Hall–Kier alpha value is -11.0. The molecule has 1 aliphatic carbocycles. The number of hydrogen-bond donors (Lipinski definition) is 2. The first-order chi connectivity index (χ1) is 43.6. The smallest absolute Gasteiger partial charge is 0.166 e. The minimum Gasteiger partial charge on any atom is -0.484 e. The predicted octanol–water partition coefficient (Wildman–Crippen LogP) is 18.4. The van der Waals surface area contributed by atoms with Gasteiger partial charge in [0, 0.05) is 70.9 Å². The molecule has 416 valence electrons. The van der Waals surface area contributed by atoms with E-state index in [1.54, 1.807) is 0 Å². The van der Waals surface area contributed by atoms with Crippen LogP contribution in [-0.2, 0) is 0 Å². The van der Waals surface area contributed by atoms with Crippen LogP contribution in [0.25, 0.3) is 110 Å². The van der Waals surface area contributed by atoms with Gasteiger partial charge in [-0.3, -0.25) is 5.32 Å². The van der Waals surface area contributed by atoms with Crippen LogP contribution in [0.4, 0.5) is 0 Å². The Labute approximate surface area is 511 Å². The minimum absolute atomic E-state index is 0.147. The van der Waals surface area contributed by atoms with Gasteiger partial charge < -0.3 is 19.2 Å². The van der Waals surface area contributed by atoms with Crippen LogP contribution in [0.3, 0.4) is 0 Å². The summed E-state index contributed by atoms with van der Waals surface area (Å²) in [5.74, 6) is 3.15. The molecule has 2 N–H and O–H groups in total. The highest BCUT2D eigenvalue weighted by Gasteiger charge is 2.49. The molecule has 0 fully saturated rings. The Morgan fingerprint density at radius 3 is 1.75 bits per heavy atom. The SMILES string of the molecule is c1ccc(-c2ccc(C3NC(c4ccc(-n5c6c(c7ccccc75)C5Oc7ccccc7C5c5c-6c6ccccc6n5-c5cccc6c5sc5ccccc56)c(-c5nc(-c6ccccc6)nc(-c6ccccc6)n5)c4)=NC(c4ccccc4)N3)cc2)cc1. The Kier molecular flexibility index (Phi) is 11.6. The van der Waals surface area contributed by atoms with E-state index in [9.17, 15) is 0 Å². The van der Waals surface area contributed by atoms with Crippen LogP contribution in [0, 0.1) is 0 Å². The molecule has 88 heavy (non-hydrogen) atoms. The third-order valence-corrected chi connectivity index (χ3v) is 19.1. The lowest BCUT2D eigenvalue weighted by molar-refractivity contribution is 0.220. The van der Waals surface area contributed by atoms with Crippen molar-refractivity contribution < 1.29 is 4.74 Å². The number of nitrogens with one attached hydrogen (secondary N) is 2. The molecule has 6 heterocycles. The quantitative estimate of drug-likeness (QED) is 0.150. The van der Waals surface area contributed by atoms with Crippen molar-refractivity contribution in [2.45, 2.75) is 24.4 Å². The molecular weight excluding hydrogens is 1100 g/mol. The molecule has 0 saturated carbocycles. The summed E-state index contributed by atoms with van der Waals surface area (Å²) in [7, 11) is 0. The highest BCUT2D eigenvalue weighted by molar-refractivity contribution is 7.26. The molecule has 0 bridgehead atoms. The van der Waals surface area contributed by atoms with Gasteiger partial charge in [0.15, 0.2) is 17.5 Å². The van der Waals surface area contributed by atoms with Gasteiger partial charge in [0.2, 0.25) is 0 Å². The summed E-state index contributed by atoms with van der Waals surface area (Å²) in [6, 6.07) is 99.1. The van der Waals surface area contributed by atoms with Gasteiger partial charge in [-0.25, -0.2) is 19.9 Å². The number of fused-ring (bicyclic) bond motifs is 15. The van der Waals surface area contributed by atoms with Gasteiger partial charge in [0.25, 0.3) is 0 Å². The molecule has 11 aromatic carbocycles. The van der Waals surface area contributed by atoms with E-state index < -0.39 is 0 Å². The minimum atomic E-state index is -0.371. The highest BCUT2D eigenvalue weighted by atomic mass is 32.1. The standard InChI is InChI=1S/C78H52N8OS/c1-5-22-47(23-6-1)48-40-42-52(43-41-48)76-79-73(49-24-7-2-8-25-49)81-77(82-76)53-44-45-62(59(46-53)78-83-74(50-26-9-3-10-27-50)80-75(84-78)51-28-11-4-12-29-51)85-61-36-18-14-32-57(61)67-69(85)66-56-31-13-17-35-60(56)86(70(66)68-58-33-15-19-38-64(58)87-71(67)68)63-37-21-34-55-54-30-16-20-39-65(54)88-72(55)63/h1-46,68,71,73,76,79H,(H,81,82). The number of benzene rings is 11. The topological polar surface area (TPSA) is 94.2 Å². The van der Waals surface area contributed by atoms with E-state index in [0.29, 0.717) is 17.5 Å². The Morgan fingerprint density at radius 2 is 1.01 bits per heavy atom. The van der Waals surface area contributed by atoms with E-state index in [2.05, 4.69) is 262 Å². The molecule has 0 radical (unpaired) electrons. The molecule has 15 aromatic rings. The average molecular weight is 1150 g/mol. The molecule has 2 aliphatic heterocycles. The molecule has 18 rings (SSSR count). The van der Waals surface area contributed by atoms with Crippen LogP contribution in [0.5, 0.6) is 5.75 Å². The van der Waals surface area contributed by atoms with E-state index in [1.165, 1.54) is 42.6 Å². The maximum atomic E-state index is 7.45. The summed E-state index contributed by atoms with van der Waals surface area (Å²) in [5, 5.41) is 12.5. The zero-order valence-corrected chi connectivity index (χ0v) is 48.2. The van der Waals surface area contributed by atoms with Crippen LogP contribution < -0.4 is 15.4 Å². The number of para-hydroxylation sites is 3. The fourth-order valence-corrected chi connectivity index (χ4v) is 15.1. The fraction of sp³-hybridized carbons (Fsp3) is 0.0513. The van der Waals surface area contributed by atoms with Crippen LogP contribution >= 0.6 is 11.3 Å². The van der Waals surface area contributed by atoms with E-state index in [0.717, 1.165) is 95.0 Å². The second kappa shape index (κ2) is 20.3. The largest absolute Gasteiger partial charge is 0.484 e. The van der Waals surface area contributed by atoms with Gasteiger partial charge >= 0.3 is 0 Å². The molecule has 4 atom stereocenters. The monoisotopic (exact) mass is 1150 g/mol. The first-order valence-electron chi connectivity index (χ1n) is 29.9. The second-order valence-corrected chi connectivity index (χ2v) is 23.9. The molecule has 0 saturated heterocycles. The van der Waals surface area contributed by atoms with E-state index in [4.69, 9.17) is 24.7 Å². The van der Waals surface area contributed by atoms with Gasteiger partial charge in [0.05, 0.1) is 38.7 Å². The summed E-state index contributed by atoms with van der Waals surface area (Å²) in [5.41, 5.74) is 17.9. The molecule has 3 aliphatic rings. The van der Waals surface area contributed by atoms with Crippen LogP contribution in [-0.4, -0.2) is 29.9 Å². The normalized spacial score (nSPS) is 16.6. The number of thiophene rings is 1. The van der Waals surface area contributed by atoms with Crippen LogP contribution in [0.1, 0.15) is 57.9 Å². The lowest BCUT2D eigenvalue weighted by Crippen LogP contribution is -2.45. The molecule has 0 spiro atoms. The third-order valence-electron chi connectivity index (χ3n) is 17.9. The maximum Gasteiger partial charge on any atom is 0.166 e. The number of aromatic nitrogens is 5. The third kappa shape index (κ3) is 8.03. The average Bonchev–Trinajstić information content (AvgIpc) is 1.56. The highest BCUT2D eigenvalue weighted by Crippen LogP contribution is 2.62. The summed E-state index contributed by atoms with van der Waals surface area (Å²) >= 11 is 1.86. The van der Waals surface area contributed by atoms with E-state index in [1.807, 2.05) is 47.7 Å². The Bertz CT molecular complexity index is 5210. The van der Waals surface area contributed by atoms with Gasteiger partial charge in [-0.1, -0.05) is 231 Å². The number of hydrogen-bond acceptors (Lipinski definition) is 8. The zero-order valence-electron chi connectivity index (χ0n) is 47.4. The summed E-state index contributed by atoms with van der Waals surface area (Å²) in [6.07, 6.45) is -1.04. The number of ether oxygens (including phenoxy) is 1. The lowest BCUT2D eigenvalue weighted by atomic mass is 9.79. The Morgan fingerprint density at radius 1 is 0.432 bits per heavy atom. The van der Waals surface area contributed by atoms with Crippen LogP contribution in [0.2, 0.25) is 0 Å². The summed E-state index contributed by atoms with van der Waals surface area (Å²) in [6.45, 7) is 0. The van der Waals surface area contributed by atoms with Gasteiger partial charge in [-0.05, 0) is 70.8 Å². The number of nitrogens with zero attached hydrogens (tertiary/aromatic N) is 6. The van der Waals surface area contributed by atoms with Crippen molar-refractivity contribution in [2.24, 2.45) is 4.99 Å². The number of amidine groups is 1. The fourth-order valence-electron chi connectivity index (χ4n) is 13.9. The second-order valence-electron chi connectivity index (χ2n) is 22.8. The van der Waals surface area contributed by atoms with Crippen LogP contribution in [0.15, 0.2) is 284 Å². The van der Waals surface area contributed by atoms with Gasteiger partial charge in [-0.2, -0.15) is 0 Å². The van der Waals surface area contributed by atoms with E-state index >= 15 is 0 Å². The molecule has 10 heteroatoms. The number of aliphatic imine (C=N–C) groups is 1. The summed E-state index contributed by atoms with van der Waals surface area (Å²) < 4.78 is 15.0. The van der Waals surface area contributed by atoms with Crippen molar-refractivity contribution >= 4 is 59.2 Å². The van der Waals surface area contributed by atoms with Crippen molar-refractivity contribution in [3.8, 4) is 73.7 Å². The number of rotatable bonds is 9. The molecule has 0 amide bonds. The maximum absolute atomic E-state index is 7.45. The molecule has 9 nitrogen and oxygen atoms in total. The molecule has 4 aromatic heterocycles. The van der Waals surface area contributed by atoms with Crippen molar-refractivity contribution in [2.75, 3.05) is 0 Å². The molecular formula is C78H52N8OS. The van der Waals surface area contributed by atoms with Crippen molar-refractivity contribution in [3.05, 3.63) is 313 Å². The van der Waals surface area contributed by atoms with Crippen molar-refractivity contribution in [3.63, 3.8) is 0 Å². The summed E-state index contributed by atoms with van der Waals surface area (Å²) in [4.78, 5) is 21.8. The van der Waals surface area contributed by atoms with Crippen molar-refractivity contribution in [1.29, 1.82) is 0 Å². The lowest BCUT2D eigenvalue weighted by Gasteiger charge is -2.32.